The summed E-state index contributed by atoms with van der Waals surface area (Å²) < 4.78 is 30.4. The van der Waals surface area contributed by atoms with Crippen molar-refractivity contribution in [2.45, 2.75) is 37.9 Å². The fourth-order valence-electron chi connectivity index (χ4n) is 4.53. The number of benzene rings is 3. The number of nitrogens with two attached hydrogens (primary N) is 1. The Kier molecular flexibility index (Phi) is 5.42. The lowest BCUT2D eigenvalue weighted by molar-refractivity contribution is 0.570. The number of fused-ring (bicyclic) bond motifs is 2. The number of hydrogen-bond acceptors (Lipinski definition) is 6. The highest BCUT2D eigenvalue weighted by molar-refractivity contribution is 7.89. The van der Waals surface area contributed by atoms with Crippen LogP contribution >= 0.6 is 0 Å². The average molecular weight is 476 g/mol. The summed E-state index contributed by atoms with van der Waals surface area (Å²) in [7, 11) is -3.91. The van der Waals surface area contributed by atoms with Crippen LogP contribution in [0.15, 0.2) is 80.8 Å². The number of nitrogens with zero attached hydrogens (tertiary/aromatic N) is 1. The normalized spacial score (nSPS) is 14.3. The van der Waals surface area contributed by atoms with Crippen LogP contribution in [0.25, 0.3) is 11.0 Å². The van der Waals surface area contributed by atoms with Crippen molar-refractivity contribution in [2.24, 2.45) is 5.14 Å². The minimum Gasteiger partial charge on any atom is -0.440 e. The number of aryl methyl sites for hydroxylation is 1. The average Bonchev–Trinajstić information content (AvgIpc) is 3.23. The monoisotopic (exact) mass is 475 g/mol. The molecule has 174 valence electrons. The molecule has 1 aliphatic heterocycles. The van der Waals surface area contributed by atoms with E-state index in [-0.39, 0.29) is 16.4 Å². The molecule has 1 atom stereocenters. The largest absolute Gasteiger partial charge is 0.440 e. The smallest absolute Gasteiger partial charge is 0.240 e. The molecule has 34 heavy (non-hydrogen) atoms. The highest BCUT2D eigenvalue weighted by Crippen LogP contribution is 2.33. The van der Waals surface area contributed by atoms with Gasteiger partial charge < -0.3 is 14.6 Å². The number of para-hydroxylation sites is 1. The summed E-state index contributed by atoms with van der Waals surface area (Å²) >= 11 is 0. The lowest BCUT2D eigenvalue weighted by Crippen LogP contribution is -2.18. The summed E-state index contributed by atoms with van der Waals surface area (Å²) in [5, 5.41) is 9.13. The molecule has 1 unspecified atom stereocenters. The van der Waals surface area contributed by atoms with Gasteiger partial charge in [0, 0.05) is 24.7 Å². The van der Waals surface area contributed by atoms with Crippen LogP contribution in [-0.4, -0.2) is 8.42 Å². The molecule has 4 aromatic rings. The summed E-state index contributed by atoms with van der Waals surface area (Å²) in [5.74, 6) is 0.510. The first kappa shape index (κ1) is 22.2. The van der Waals surface area contributed by atoms with E-state index in [0.29, 0.717) is 35.6 Å². The summed E-state index contributed by atoms with van der Waals surface area (Å²) in [6.07, 6.45) is 0. The maximum Gasteiger partial charge on any atom is 0.240 e. The van der Waals surface area contributed by atoms with Crippen LogP contribution < -0.4 is 20.8 Å². The zero-order valence-corrected chi connectivity index (χ0v) is 19.7. The second kappa shape index (κ2) is 8.30. The maximum absolute atomic E-state index is 13.1. The van der Waals surface area contributed by atoms with Gasteiger partial charge in [0.05, 0.1) is 17.1 Å². The second-order valence-electron chi connectivity index (χ2n) is 8.71. The fourth-order valence-corrected chi connectivity index (χ4v) is 5.24. The van der Waals surface area contributed by atoms with Gasteiger partial charge in [-0.1, -0.05) is 42.5 Å². The lowest BCUT2D eigenvalue weighted by atomic mass is 10.0. The number of sulfonamides is 1. The van der Waals surface area contributed by atoms with E-state index in [1.165, 1.54) is 17.2 Å². The summed E-state index contributed by atoms with van der Waals surface area (Å²) in [4.78, 5) is 15.2. The van der Waals surface area contributed by atoms with Crippen molar-refractivity contribution in [2.75, 3.05) is 10.2 Å². The highest BCUT2D eigenvalue weighted by Gasteiger charge is 2.23. The lowest BCUT2D eigenvalue weighted by Gasteiger charge is -2.21. The summed E-state index contributed by atoms with van der Waals surface area (Å²) in [6.45, 7) is 5.15. The molecule has 5 rings (SSSR count). The molecule has 1 aromatic heterocycles. The molecule has 0 bridgehead atoms. The molecular formula is C26H25N3O4S. The van der Waals surface area contributed by atoms with Gasteiger partial charge in [0.25, 0.3) is 0 Å². The van der Waals surface area contributed by atoms with E-state index in [9.17, 15) is 13.2 Å². The molecule has 2 heterocycles. The maximum atomic E-state index is 13.1. The Morgan fingerprint density at radius 3 is 2.32 bits per heavy atom. The molecule has 3 N–H and O–H groups in total. The molecule has 1 aliphatic rings. The first-order valence-electron chi connectivity index (χ1n) is 11.0. The van der Waals surface area contributed by atoms with E-state index < -0.39 is 10.0 Å². The van der Waals surface area contributed by atoms with E-state index in [4.69, 9.17) is 9.56 Å². The molecule has 0 saturated heterocycles. The Morgan fingerprint density at radius 1 is 1.00 bits per heavy atom. The van der Waals surface area contributed by atoms with Gasteiger partial charge in [-0.3, -0.25) is 4.79 Å². The number of rotatable bonds is 5. The molecular weight excluding hydrogens is 450 g/mol. The zero-order valence-electron chi connectivity index (χ0n) is 18.9. The van der Waals surface area contributed by atoms with Crippen LogP contribution in [0.4, 0.5) is 11.6 Å². The van der Waals surface area contributed by atoms with Crippen LogP contribution in [0.2, 0.25) is 0 Å². The van der Waals surface area contributed by atoms with Gasteiger partial charge in [-0.05, 0) is 48.7 Å². The fraction of sp³-hybridized carbons (Fsp3) is 0.192. The van der Waals surface area contributed by atoms with Gasteiger partial charge in [-0.15, -0.1) is 0 Å². The zero-order chi connectivity index (χ0) is 24.0. The predicted octanol–water partition coefficient (Wildman–Crippen LogP) is 4.44. The van der Waals surface area contributed by atoms with E-state index in [2.05, 4.69) is 17.4 Å². The first-order chi connectivity index (χ1) is 16.2. The molecule has 7 nitrogen and oxygen atoms in total. The number of primary sulfonamides is 1. The van der Waals surface area contributed by atoms with Crippen LogP contribution in [0.3, 0.4) is 0 Å². The van der Waals surface area contributed by atoms with Crippen molar-refractivity contribution in [3.63, 3.8) is 0 Å². The third-order valence-electron chi connectivity index (χ3n) is 6.17. The molecule has 0 fully saturated rings. The standard InChI is InChI=1S/C26H25N3O4S/c1-16-11-20(17(2)28-22-9-5-6-10-24(22)34(27,31)32)26-21(12-16)23(30)13-25(33-26)29-14-18-7-3-4-8-19(18)15-29/h3-13,17,28H,14-15H2,1-2H3,(H2,27,31,32). The highest BCUT2D eigenvalue weighted by atomic mass is 32.2. The Hall–Kier alpha value is -3.62. The Bertz CT molecular complexity index is 1550. The number of hydrogen-bond donors (Lipinski definition) is 2. The van der Waals surface area contributed by atoms with Crippen molar-refractivity contribution in [3.8, 4) is 0 Å². The summed E-state index contributed by atoms with van der Waals surface area (Å²) in [5.41, 5.74) is 4.85. The molecule has 0 amide bonds. The quantitative estimate of drug-likeness (QED) is 0.442. The van der Waals surface area contributed by atoms with Gasteiger partial charge in [0.1, 0.15) is 10.5 Å². The third-order valence-corrected chi connectivity index (χ3v) is 7.14. The topological polar surface area (TPSA) is 106 Å². The minimum absolute atomic E-state index is 0.00998. The molecule has 0 radical (unpaired) electrons. The van der Waals surface area contributed by atoms with Gasteiger partial charge in [-0.2, -0.15) is 0 Å². The van der Waals surface area contributed by atoms with E-state index in [0.717, 1.165) is 11.1 Å². The number of anilines is 2. The van der Waals surface area contributed by atoms with Crippen LogP contribution in [-0.2, 0) is 23.1 Å². The Balaban J connectivity index is 1.57. The minimum atomic E-state index is -3.91. The molecule has 0 spiro atoms. The Labute approximate surface area is 197 Å². The van der Waals surface area contributed by atoms with Crippen LogP contribution in [0, 0.1) is 6.92 Å². The van der Waals surface area contributed by atoms with Crippen LogP contribution in [0.1, 0.15) is 35.2 Å². The van der Waals surface area contributed by atoms with Gasteiger partial charge in [0.2, 0.25) is 15.9 Å². The SMILES string of the molecule is Cc1cc(C(C)Nc2ccccc2S(N)(=O)=O)c2oc(N3Cc4ccccc4C3)cc(=O)c2c1. The van der Waals surface area contributed by atoms with E-state index >= 15 is 0 Å². The number of nitrogens with one attached hydrogen (secondary N) is 1. The third kappa shape index (κ3) is 4.06. The van der Waals surface area contributed by atoms with Crippen molar-refractivity contribution >= 4 is 32.6 Å². The van der Waals surface area contributed by atoms with Crippen molar-refractivity contribution < 1.29 is 12.8 Å². The second-order valence-corrected chi connectivity index (χ2v) is 10.2. The first-order valence-corrected chi connectivity index (χ1v) is 12.5. The van der Waals surface area contributed by atoms with E-state index in [1.54, 1.807) is 24.3 Å². The van der Waals surface area contributed by atoms with Gasteiger partial charge in [0.15, 0.2) is 5.43 Å². The Morgan fingerprint density at radius 2 is 1.65 bits per heavy atom. The predicted molar refractivity (Wildman–Crippen MR) is 133 cm³/mol. The molecule has 0 aliphatic carbocycles. The van der Waals surface area contributed by atoms with Crippen molar-refractivity contribution in [3.05, 3.63) is 99.2 Å². The van der Waals surface area contributed by atoms with Gasteiger partial charge >= 0.3 is 0 Å². The van der Waals surface area contributed by atoms with Crippen molar-refractivity contribution in [1.82, 2.24) is 0 Å². The molecule has 8 heteroatoms. The summed E-state index contributed by atoms with van der Waals surface area (Å²) in [6, 6.07) is 19.6. The molecule has 0 saturated carbocycles. The van der Waals surface area contributed by atoms with E-state index in [1.807, 2.05) is 43.0 Å². The van der Waals surface area contributed by atoms with Crippen LogP contribution in [0.5, 0.6) is 0 Å². The molecule has 3 aromatic carbocycles. The van der Waals surface area contributed by atoms with Gasteiger partial charge in [-0.25, -0.2) is 13.6 Å². The van der Waals surface area contributed by atoms with Crippen molar-refractivity contribution in [1.29, 1.82) is 0 Å².